The summed E-state index contributed by atoms with van der Waals surface area (Å²) < 4.78 is 7.29. The van der Waals surface area contributed by atoms with Crippen molar-refractivity contribution in [1.82, 2.24) is 19.7 Å². The molecule has 7 heteroatoms. The van der Waals surface area contributed by atoms with Crippen LogP contribution >= 0.6 is 11.8 Å². The second-order valence-corrected chi connectivity index (χ2v) is 8.49. The maximum absolute atomic E-state index is 13.5. The fourth-order valence-electron chi connectivity index (χ4n) is 3.27. The van der Waals surface area contributed by atoms with Gasteiger partial charge in [-0.05, 0) is 36.6 Å². The molecule has 0 amide bonds. The smallest absolute Gasteiger partial charge is 0.266 e. The molecular formula is C22H22N4O2S. The van der Waals surface area contributed by atoms with Gasteiger partial charge in [-0.15, -0.1) is 10.2 Å². The quantitative estimate of drug-likeness (QED) is 0.341. The van der Waals surface area contributed by atoms with Gasteiger partial charge in [-0.25, -0.2) is 4.98 Å². The van der Waals surface area contributed by atoms with Crippen molar-refractivity contribution in [3.05, 3.63) is 76.2 Å². The second-order valence-electron chi connectivity index (χ2n) is 7.19. The predicted octanol–water partition coefficient (Wildman–Crippen LogP) is 5.05. The lowest BCUT2D eigenvalue weighted by Gasteiger charge is -2.19. The Morgan fingerprint density at radius 2 is 1.72 bits per heavy atom. The number of hydrogen-bond donors (Lipinski definition) is 0. The van der Waals surface area contributed by atoms with Crippen molar-refractivity contribution in [2.24, 2.45) is 0 Å². The van der Waals surface area contributed by atoms with Gasteiger partial charge < -0.3 is 4.42 Å². The standard InChI is InChI=1S/C22H22N4O2S/c1-13(2)16-9-6-8-12-19(16)26-21(27)17-10-5-7-11-18(17)23-22(26)29-14(3)20-25-24-15(4)28-20/h5-14H,1-4H3. The number of aromatic nitrogens is 4. The predicted molar refractivity (Wildman–Crippen MR) is 115 cm³/mol. The van der Waals surface area contributed by atoms with Crippen molar-refractivity contribution in [3.8, 4) is 5.69 Å². The SMILES string of the molecule is Cc1nnc(C(C)Sc2nc3ccccc3c(=O)n2-c2ccccc2C(C)C)o1. The van der Waals surface area contributed by atoms with E-state index < -0.39 is 0 Å². The monoisotopic (exact) mass is 406 g/mol. The van der Waals surface area contributed by atoms with Gasteiger partial charge in [0.05, 0.1) is 21.8 Å². The minimum atomic E-state index is -0.151. The first kappa shape index (κ1) is 19.4. The van der Waals surface area contributed by atoms with Gasteiger partial charge in [0.15, 0.2) is 5.16 Å². The fourth-order valence-corrected chi connectivity index (χ4v) is 4.22. The highest BCUT2D eigenvalue weighted by atomic mass is 32.2. The van der Waals surface area contributed by atoms with Crippen molar-refractivity contribution in [1.29, 1.82) is 0 Å². The average Bonchev–Trinajstić information content (AvgIpc) is 3.15. The van der Waals surface area contributed by atoms with Crippen LogP contribution in [0.1, 0.15) is 49.3 Å². The van der Waals surface area contributed by atoms with Crippen LogP contribution < -0.4 is 5.56 Å². The van der Waals surface area contributed by atoms with Crippen molar-refractivity contribution in [2.45, 2.75) is 44.0 Å². The van der Waals surface area contributed by atoms with Gasteiger partial charge in [0, 0.05) is 6.92 Å². The third-order valence-corrected chi connectivity index (χ3v) is 5.76. The number of rotatable bonds is 5. The molecule has 0 aliphatic heterocycles. The van der Waals surface area contributed by atoms with Gasteiger partial charge in [0.25, 0.3) is 5.56 Å². The molecule has 0 aliphatic carbocycles. The number of aryl methyl sites for hydroxylation is 1. The van der Waals surface area contributed by atoms with Crippen molar-refractivity contribution in [2.75, 3.05) is 0 Å². The third-order valence-electron chi connectivity index (χ3n) is 4.72. The molecule has 2 heterocycles. The minimum Gasteiger partial charge on any atom is -0.424 e. The average molecular weight is 407 g/mol. The van der Waals surface area contributed by atoms with E-state index in [1.807, 2.05) is 49.4 Å². The van der Waals surface area contributed by atoms with Crippen LogP contribution in [0, 0.1) is 6.92 Å². The van der Waals surface area contributed by atoms with Crippen LogP contribution in [0.5, 0.6) is 0 Å². The lowest BCUT2D eigenvalue weighted by Crippen LogP contribution is -2.23. The maximum atomic E-state index is 13.5. The van der Waals surface area contributed by atoms with Gasteiger partial charge in [-0.1, -0.05) is 55.9 Å². The number of benzene rings is 2. The molecule has 2 aromatic heterocycles. The molecule has 0 spiro atoms. The molecule has 0 radical (unpaired) electrons. The van der Waals surface area contributed by atoms with Crippen LogP contribution in [0.3, 0.4) is 0 Å². The summed E-state index contributed by atoms with van der Waals surface area (Å²) in [6.45, 7) is 7.97. The van der Waals surface area contributed by atoms with E-state index in [2.05, 4.69) is 30.1 Å². The van der Waals surface area contributed by atoms with E-state index in [1.165, 1.54) is 11.8 Å². The van der Waals surface area contributed by atoms with Crippen LogP contribution in [0.2, 0.25) is 0 Å². The van der Waals surface area contributed by atoms with E-state index in [4.69, 9.17) is 9.40 Å². The largest absolute Gasteiger partial charge is 0.424 e. The highest BCUT2D eigenvalue weighted by Gasteiger charge is 2.21. The Morgan fingerprint density at radius 3 is 2.45 bits per heavy atom. The summed E-state index contributed by atoms with van der Waals surface area (Å²) in [6.07, 6.45) is 0. The molecule has 0 bridgehead atoms. The van der Waals surface area contributed by atoms with Crippen LogP contribution in [0.15, 0.2) is 62.9 Å². The minimum absolute atomic E-state index is 0.0832. The zero-order valence-corrected chi connectivity index (χ0v) is 17.6. The molecule has 0 saturated heterocycles. The summed E-state index contributed by atoms with van der Waals surface area (Å²) in [5.41, 5.74) is 2.53. The summed E-state index contributed by atoms with van der Waals surface area (Å²) in [7, 11) is 0. The van der Waals surface area contributed by atoms with E-state index in [0.717, 1.165) is 11.3 Å². The number of nitrogens with zero attached hydrogens (tertiary/aromatic N) is 4. The van der Waals surface area contributed by atoms with E-state index in [1.54, 1.807) is 11.5 Å². The van der Waals surface area contributed by atoms with Gasteiger partial charge in [0.2, 0.25) is 11.8 Å². The Labute approximate surface area is 173 Å². The molecule has 148 valence electrons. The topological polar surface area (TPSA) is 73.8 Å². The van der Waals surface area contributed by atoms with E-state index in [0.29, 0.717) is 27.8 Å². The zero-order valence-electron chi connectivity index (χ0n) is 16.8. The molecule has 0 N–H and O–H groups in total. The Morgan fingerprint density at radius 1 is 1.00 bits per heavy atom. The highest BCUT2D eigenvalue weighted by Crippen LogP contribution is 2.35. The summed E-state index contributed by atoms with van der Waals surface area (Å²) in [5, 5.41) is 9.08. The molecule has 2 aromatic carbocycles. The van der Waals surface area contributed by atoms with Crippen LogP contribution in [-0.2, 0) is 0 Å². The van der Waals surface area contributed by atoms with Crippen LogP contribution in [0.4, 0.5) is 0 Å². The molecule has 4 rings (SSSR count). The van der Waals surface area contributed by atoms with Gasteiger partial charge >= 0.3 is 0 Å². The first-order chi connectivity index (χ1) is 14.0. The van der Waals surface area contributed by atoms with Crippen LogP contribution in [0.25, 0.3) is 16.6 Å². The molecule has 29 heavy (non-hydrogen) atoms. The number of thioether (sulfide) groups is 1. The maximum Gasteiger partial charge on any atom is 0.266 e. The molecule has 0 aliphatic rings. The van der Waals surface area contributed by atoms with Crippen molar-refractivity contribution in [3.63, 3.8) is 0 Å². The molecule has 0 fully saturated rings. The first-order valence-electron chi connectivity index (χ1n) is 9.53. The Hall–Kier alpha value is -2.93. The lowest BCUT2D eigenvalue weighted by molar-refractivity contribution is 0.470. The number of para-hydroxylation sites is 2. The molecule has 0 saturated carbocycles. The molecule has 1 unspecified atom stereocenters. The lowest BCUT2D eigenvalue weighted by atomic mass is 10.0. The van der Waals surface area contributed by atoms with Crippen molar-refractivity contribution < 1.29 is 4.42 Å². The molecular weight excluding hydrogens is 384 g/mol. The molecule has 6 nitrogen and oxygen atoms in total. The summed E-state index contributed by atoms with van der Waals surface area (Å²) >= 11 is 1.44. The van der Waals surface area contributed by atoms with Crippen molar-refractivity contribution >= 4 is 22.7 Å². The third kappa shape index (κ3) is 3.70. The van der Waals surface area contributed by atoms with Gasteiger partial charge in [0.1, 0.15) is 0 Å². The number of hydrogen-bond acceptors (Lipinski definition) is 6. The van der Waals surface area contributed by atoms with E-state index in [-0.39, 0.29) is 16.7 Å². The summed E-state index contributed by atoms with van der Waals surface area (Å²) in [4.78, 5) is 18.3. The van der Waals surface area contributed by atoms with E-state index >= 15 is 0 Å². The fraction of sp³-hybridized carbons (Fsp3) is 0.273. The van der Waals surface area contributed by atoms with Crippen LogP contribution in [-0.4, -0.2) is 19.7 Å². The summed E-state index contributed by atoms with van der Waals surface area (Å²) in [5.74, 6) is 1.29. The Bertz CT molecular complexity index is 1230. The molecule has 4 aromatic rings. The Kier molecular flexibility index (Phi) is 5.24. The number of fused-ring (bicyclic) bond motifs is 1. The zero-order chi connectivity index (χ0) is 20.5. The molecule has 1 atom stereocenters. The Balaban J connectivity index is 1.94. The van der Waals surface area contributed by atoms with Gasteiger partial charge in [-0.3, -0.25) is 9.36 Å². The first-order valence-corrected chi connectivity index (χ1v) is 10.4. The normalized spacial score (nSPS) is 12.6. The van der Waals surface area contributed by atoms with E-state index in [9.17, 15) is 4.79 Å². The second kappa shape index (κ2) is 7.83. The van der Waals surface area contributed by atoms with Gasteiger partial charge in [-0.2, -0.15) is 0 Å². The highest BCUT2D eigenvalue weighted by molar-refractivity contribution is 7.99. The summed E-state index contributed by atoms with van der Waals surface area (Å²) in [6, 6.07) is 15.4.